The number of nitrogens with zero attached hydrogens (tertiary/aromatic N) is 2. The summed E-state index contributed by atoms with van der Waals surface area (Å²) < 4.78 is 27.3. The predicted octanol–water partition coefficient (Wildman–Crippen LogP) is 2.64. The number of carbonyl (C=O) groups is 2. The number of hydrogen-bond acceptors (Lipinski definition) is 4. The van der Waals surface area contributed by atoms with Gasteiger partial charge in [-0.05, 0) is 30.7 Å². The maximum Gasteiger partial charge on any atom is 0.242 e. The quantitative estimate of drug-likeness (QED) is 0.870. The normalized spacial score (nSPS) is 18.0. The first-order chi connectivity index (χ1) is 12.5. The summed E-state index contributed by atoms with van der Waals surface area (Å²) >= 11 is 1.22. The lowest BCUT2D eigenvalue weighted by Gasteiger charge is -2.29. The van der Waals surface area contributed by atoms with Crippen molar-refractivity contribution in [1.29, 1.82) is 0 Å². The van der Waals surface area contributed by atoms with Crippen LogP contribution in [0, 0.1) is 11.6 Å². The minimum Gasteiger partial charge on any atom is -0.350 e. The van der Waals surface area contributed by atoms with Gasteiger partial charge in [0, 0.05) is 30.6 Å². The molecule has 1 aliphatic heterocycles. The molecule has 0 saturated carbocycles. The van der Waals surface area contributed by atoms with Crippen LogP contribution in [0.1, 0.15) is 23.4 Å². The molecule has 136 valence electrons. The van der Waals surface area contributed by atoms with Gasteiger partial charge in [0.25, 0.3) is 0 Å². The van der Waals surface area contributed by atoms with Crippen LogP contribution in [0.25, 0.3) is 0 Å². The smallest absolute Gasteiger partial charge is 0.242 e. The van der Waals surface area contributed by atoms with E-state index in [9.17, 15) is 18.4 Å². The van der Waals surface area contributed by atoms with Crippen molar-refractivity contribution in [3.63, 3.8) is 0 Å². The minimum atomic E-state index is -0.784. The Kier molecular flexibility index (Phi) is 5.51. The highest BCUT2D eigenvalue weighted by Gasteiger charge is 2.39. The van der Waals surface area contributed by atoms with Crippen LogP contribution >= 0.6 is 11.8 Å². The molecule has 0 aliphatic carbocycles. The van der Waals surface area contributed by atoms with E-state index in [2.05, 4.69) is 10.3 Å². The number of benzene rings is 1. The Labute approximate surface area is 153 Å². The van der Waals surface area contributed by atoms with Gasteiger partial charge in [0.15, 0.2) is 0 Å². The second-order valence-electron chi connectivity index (χ2n) is 5.88. The standard InChI is InChI=1S/C18H17F2N3O2S/c1-11(17(25)22-9-12-4-6-21-7-5-12)23-16(24)10-26-18(23)14-3-2-13(19)8-15(14)20/h2-8,11,18H,9-10H2,1H3,(H,22,25). The van der Waals surface area contributed by atoms with Gasteiger partial charge in [-0.25, -0.2) is 8.78 Å². The Bertz CT molecular complexity index is 819. The first-order valence-corrected chi connectivity index (χ1v) is 9.06. The van der Waals surface area contributed by atoms with Gasteiger partial charge in [-0.1, -0.05) is 6.07 Å². The molecule has 2 heterocycles. The molecule has 1 aromatic carbocycles. The molecule has 1 aromatic heterocycles. The lowest BCUT2D eigenvalue weighted by Crippen LogP contribution is -2.46. The summed E-state index contributed by atoms with van der Waals surface area (Å²) in [6.07, 6.45) is 3.25. The van der Waals surface area contributed by atoms with E-state index >= 15 is 0 Å². The monoisotopic (exact) mass is 377 g/mol. The predicted molar refractivity (Wildman–Crippen MR) is 93.9 cm³/mol. The fraction of sp³-hybridized carbons (Fsp3) is 0.278. The number of amides is 2. The Morgan fingerprint density at radius 2 is 2.08 bits per heavy atom. The summed E-state index contributed by atoms with van der Waals surface area (Å²) in [5, 5.41) is 2.11. The molecule has 2 atom stereocenters. The fourth-order valence-corrected chi connectivity index (χ4v) is 4.04. The van der Waals surface area contributed by atoms with Gasteiger partial charge >= 0.3 is 0 Å². The first kappa shape index (κ1) is 18.3. The summed E-state index contributed by atoms with van der Waals surface area (Å²) in [5.41, 5.74) is 1.07. The molecule has 8 heteroatoms. The molecule has 2 amide bonds. The average Bonchev–Trinajstić information content (AvgIpc) is 3.01. The van der Waals surface area contributed by atoms with E-state index in [4.69, 9.17) is 0 Å². The molecule has 2 aromatic rings. The highest BCUT2D eigenvalue weighted by Crippen LogP contribution is 2.41. The lowest BCUT2D eigenvalue weighted by atomic mass is 10.1. The minimum absolute atomic E-state index is 0.142. The second-order valence-corrected chi connectivity index (χ2v) is 6.95. The van der Waals surface area contributed by atoms with Crippen molar-refractivity contribution in [3.05, 3.63) is 65.5 Å². The second kappa shape index (κ2) is 7.82. The summed E-state index contributed by atoms with van der Waals surface area (Å²) in [6.45, 7) is 1.90. The van der Waals surface area contributed by atoms with Crippen molar-refractivity contribution >= 4 is 23.6 Å². The Hall–Kier alpha value is -2.48. The van der Waals surface area contributed by atoms with Crippen molar-refractivity contribution in [3.8, 4) is 0 Å². The van der Waals surface area contributed by atoms with E-state index in [-0.39, 0.29) is 23.1 Å². The maximum absolute atomic E-state index is 14.1. The van der Waals surface area contributed by atoms with E-state index in [1.54, 1.807) is 31.5 Å². The zero-order valence-electron chi connectivity index (χ0n) is 14.0. The van der Waals surface area contributed by atoms with Gasteiger partial charge in [0.1, 0.15) is 23.1 Å². The van der Waals surface area contributed by atoms with E-state index in [0.29, 0.717) is 6.54 Å². The molecule has 0 spiro atoms. The van der Waals surface area contributed by atoms with Crippen LogP contribution in [0.5, 0.6) is 0 Å². The van der Waals surface area contributed by atoms with Crippen LogP contribution in [-0.4, -0.2) is 33.5 Å². The van der Waals surface area contributed by atoms with Gasteiger partial charge in [0.2, 0.25) is 11.8 Å². The number of pyridine rings is 1. The number of hydrogen-bond donors (Lipinski definition) is 1. The first-order valence-electron chi connectivity index (χ1n) is 8.01. The van der Waals surface area contributed by atoms with E-state index in [1.807, 2.05) is 0 Å². The summed E-state index contributed by atoms with van der Waals surface area (Å²) in [6, 6.07) is 6.01. The third-order valence-electron chi connectivity index (χ3n) is 4.15. The number of thioether (sulfide) groups is 1. The molecule has 0 radical (unpaired) electrons. The third kappa shape index (κ3) is 3.85. The number of nitrogens with one attached hydrogen (secondary N) is 1. The highest BCUT2D eigenvalue weighted by molar-refractivity contribution is 8.00. The number of rotatable bonds is 5. The molecule has 2 unspecified atom stereocenters. The third-order valence-corrected chi connectivity index (χ3v) is 5.36. The van der Waals surface area contributed by atoms with Gasteiger partial charge < -0.3 is 10.2 Å². The van der Waals surface area contributed by atoms with Gasteiger partial charge in [-0.2, -0.15) is 0 Å². The van der Waals surface area contributed by atoms with E-state index < -0.39 is 23.1 Å². The molecule has 1 saturated heterocycles. The van der Waals surface area contributed by atoms with Crippen molar-refractivity contribution in [2.45, 2.75) is 24.9 Å². The van der Waals surface area contributed by atoms with Crippen LogP contribution in [0.3, 0.4) is 0 Å². The van der Waals surface area contributed by atoms with E-state index in [1.165, 1.54) is 22.7 Å². The van der Waals surface area contributed by atoms with Crippen molar-refractivity contribution in [1.82, 2.24) is 15.2 Å². The molecule has 3 rings (SSSR count). The van der Waals surface area contributed by atoms with Gasteiger partial charge in [-0.15, -0.1) is 11.8 Å². The van der Waals surface area contributed by atoms with Crippen molar-refractivity contribution in [2.75, 3.05) is 5.75 Å². The molecule has 0 bridgehead atoms. The van der Waals surface area contributed by atoms with Crippen LogP contribution < -0.4 is 5.32 Å². The average molecular weight is 377 g/mol. The summed E-state index contributed by atoms with van der Waals surface area (Å²) in [7, 11) is 0. The lowest BCUT2D eigenvalue weighted by molar-refractivity contribution is -0.138. The number of halogens is 2. The fourth-order valence-electron chi connectivity index (χ4n) is 2.76. The Balaban J connectivity index is 1.74. The molecule has 1 N–H and O–H groups in total. The molecule has 5 nitrogen and oxygen atoms in total. The molecular formula is C18H17F2N3O2S. The zero-order chi connectivity index (χ0) is 18.7. The van der Waals surface area contributed by atoms with E-state index in [0.717, 1.165) is 17.7 Å². The molecule has 26 heavy (non-hydrogen) atoms. The SMILES string of the molecule is CC(C(=O)NCc1ccncc1)N1C(=O)CSC1c1ccc(F)cc1F. The van der Waals surface area contributed by atoms with Crippen LogP contribution in [0.15, 0.2) is 42.7 Å². The van der Waals surface area contributed by atoms with Gasteiger partial charge in [-0.3, -0.25) is 14.6 Å². The molecular weight excluding hydrogens is 360 g/mol. The van der Waals surface area contributed by atoms with Crippen LogP contribution in [-0.2, 0) is 16.1 Å². The summed E-state index contributed by atoms with van der Waals surface area (Å²) in [4.78, 5) is 30.0. The highest BCUT2D eigenvalue weighted by atomic mass is 32.2. The maximum atomic E-state index is 14.1. The number of carbonyl (C=O) groups excluding carboxylic acids is 2. The summed E-state index contributed by atoms with van der Waals surface area (Å²) in [5.74, 6) is -1.87. The molecule has 1 fully saturated rings. The van der Waals surface area contributed by atoms with Crippen LogP contribution in [0.2, 0.25) is 0 Å². The van der Waals surface area contributed by atoms with Crippen LogP contribution in [0.4, 0.5) is 8.78 Å². The van der Waals surface area contributed by atoms with Crippen molar-refractivity contribution in [2.24, 2.45) is 0 Å². The Morgan fingerprint density at radius 1 is 1.35 bits per heavy atom. The van der Waals surface area contributed by atoms with Gasteiger partial charge in [0.05, 0.1) is 5.75 Å². The largest absolute Gasteiger partial charge is 0.350 e. The topological polar surface area (TPSA) is 62.3 Å². The molecule has 1 aliphatic rings. The zero-order valence-corrected chi connectivity index (χ0v) is 14.8. The Morgan fingerprint density at radius 3 is 2.77 bits per heavy atom. The number of aromatic nitrogens is 1. The van der Waals surface area contributed by atoms with Crippen molar-refractivity contribution < 1.29 is 18.4 Å².